The van der Waals surface area contributed by atoms with Crippen LogP contribution in [0.25, 0.3) is 10.1 Å². The summed E-state index contributed by atoms with van der Waals surface area (Å²) >= 11 is 8.13. The van der Waals surface area contributed by atoms with Gasteiger partial charge < -0.3 is 20.4 Å². The lowest BCUT2D eigenvalue weighted by Gasteiger charge is -2.19. The molecule has 0 aliphatic heterocycles. The van der Waals surface area contributed by atoms with Gasteiger partial charge in [0.05, 0.1) is 23.3 Å². The van der Waals surface area contributed by atoms with E-state index in [1.807, 2.05) is 42.5 Å². The minimum Gasteiger partial charge on any atom is -0.481 e. The number of carboxylic acid groups (broad SMARTS) is 1. The molecule has 1 aliphatic rings. The summed E-state index contributed by atoms with van der Waals surface area (Å²) < 4.78 is 1.14. The Balaban J connectivity index is 1.52. The number of allylic oxidation sites excluding steroid dienone is 2. The van der Waals surface area contributed by atoms with Gasteiger partial charge in [0.1, 0.15) is 0 Å². The number of aryl methyl sites for hydroxylation is 1. The number of aliphatic hydroxyl groups is 3. The smallest absolute Gasteiger partial charge is 0.303 e. The molecular weight excluding hydrogens is 448 g/mol. The molecule has 0 unspecified atom stereocenters. The molecule has 7 heteroatoms. The topological polar surface area (TPSA) is 98.0 Å². The molecule has 0 radical (unpaired) electrons. The molecule has 174 valence electrons. The van der Waals surface area contributed by atoms with Crippen LogP contribution < -0.4 is 0 Å². The van der Waals surface area contributed by atoms with Gasteiger partial charge in [-0.15, -0.1) is 11.3 Å². The average molecular weight is 479 g/mol. The zero-order valence-electron chi connectivity index (χ0n) is 17.9. The van der Waals surface area contributed by atoms with E-state index in [4.69, 9.17) is 16.7 Å². The number of unbranched alkanes of at least 4 members (excludes halogenated alkanes) is 1. The molecule has 5 nitrogen and oxygen atoms in total. The van der Waals surface area contributed by atoms with Crippen LogP contribution >= 0.6 is 22.9 Å². The maximum Gasteiger partial charge on any atom is 0.303 e. The Morgan fingerprint density at radius 1 is 1.22 bits per heavy atom. The summed E-state index contributed by atoms with van der Waals surface area (Å²) in [5.74, 6) is -1.15. The number of rotatable bonds is 11. The minimum atomic E-state index is -0.800. The SMILES string of the molecule is O=C(O)CCC/C=C\C[C@@H]1[C@@H](/C=C/[C@H](O)CCc2sc3ccccc3c2Cl)[C@@H](O)C[C@@H]1O. The van der Waals surface area contributed by atoms with Crippen molar-refractivity contribution >= 4 is 39.0 Å². The fraction of sp³-hybridized carbons (Fsp3) is 0.480. The lowest BCUT2D eigenvalue weighted by molar-refractivity contribution is -0.137. The number of hydrogen-bond acceptors (Lipinski definition) is 5. The van der Waals surface area contributed by atoms with E-state index in [1.165, 1.54) is 0 Å². The van der Waals surface area contributed by atoms with Crippen molar-refractivity contribution in [3.63, 3.8) is 0 Å². The number of carboxylic acids is 1. The summed E-state index contributed by atoms with van der Waals surface area (Å²) in [6.07, 6.45) is 9.07. The molecule has 2 aromatic rings. The lowest BCUT2D eigenvalue weighted by atomic mass is 9.89. The van der Waals surface area contributed by atoms with E-state index in [9.17, 15) is 20.1 Å². The molecule has 0 bridgehead atoms. The first-order valence-electron chi connectivity index (χ1n) is 11.1. The molecule has 0 saturated heterocycles. The third-order valence-electron chi connectivity index (χ3n) is 6.08. The van der Waals surface area contributed by atoms with Crippen LogP contribution in [0.4, 0.5) is 0 Å². The Morgan fingerprint density at radius 2 is 2.00 bits per heavy atom. The summed E-state index contributed by atoms with van der Waals surface area (Å²) in [5.41, 5.74) is 0. The largest absolute Gasteiger partial charge is 0.481 e. The van der Waals surface area contributed by atoms with Crippen LogP contribution in [0, 0.1) is 11.8 Å². The molecule has 32 heavy (non-hydrogen) atoms. The Morgan fingerprint density at radius 3 is 2.75 bits per heavy atom. The standard InChI is InChI=1S/C25H31ClO5S/c26-25-19-8-5-6-9-22(19)32-23(25)14-12-16(27)11-13-18-17(20(28)15-21(18)29)7-3-1-2-4-10-24(30)31/h1,3,5-6,8-9,11,13,16-18,20-21,27-29H,2,4,7,10,12,14-15H2,(H,30,31)/b3-1-,13-11+/t16-,17+,18+,20-,21-/m0/s1. The van der Waals surface area contributed by atoms with Gasteiger partial charge in [0.2, 0.25) is 0 Å². The molecule has 1 saturated carbocycles. The second-order valence-corrected chi connectivity index (χ2v) is 9.95. The summed E-state index contributed by atoms with van der Waals surface area (Å²) in [6.45, 7) is 0. The number of thiophene rings is 1. The van der Waals surface area contributed by atoms with Crippen LogP contribution in [0.3, 0.4) is 0 Å². The summed E-state index contributed by atoms with van der Waals surface area (Å²) in [5, 5.41) is 41.6. The van der Waals surface area contributed by atoms with Crippen LogP contribution in [0.5, 0.6) is 0 Å². The normalized spacial score (nSPS) is 24.8. The van der Waals surface area contributed by atoms with E-state index in [0.29, 0.717) is 38.5 Å². The molecule has 3 rings (SSSR count). The zero-order chi connectivity index (χ0) is 23.1. The van der Waals surface area contributed by atoms with Gasteiger partial charge in [-0.2, -0.15) is 0 Å². The maximum absolute atomic E-state index is 10.6. The van der Waals surface area contributed by atoms with Gasteiger partial charge in [-0.1, -0.05) is 54.1 Å². The molecule has 1 aromatic carbocycles. The molecule has 5 atom stereocenters. The third kappa shape index (κ3) is 6.65. The van der Waals surface area contributed by atoms with Crippen molar-refractivity contribution < 1.29 is 25.2 Å². The van der Waals surface area contributed by atoms with Crippen molar-refractivity contribution in [3.8, 4) is 0 Å². The van der Waals surface area contributed by atoms with Crippen molar-refractivity contribution in [2.45, 2.75) is 63.3 Å². The van der Waals surface area contributed by atoms with Gasteiger partial charge >= 0.3 is 5.97 Å². The summed E-state index contributed by atoms with van der Waals surface area (Å²) in [7, 11) is 0. The Labute approximate surface area is 197 Å². The highest BCUT2D eigenvalue weighted by molar-refractivity contribution is 7.19. The second-order valence-electron chi connectivity index (χ2n) is 8.43. The monoisotopic (exact) mass is 478 g/mol. The van der Waals surface area contributed by atoms with E-state index in [0.717, 1.165) is 20.0 Å². The van der Waals surface area contributed by atoms with Crippen molar-refractivity contribution in [1.29, 1.82) is 0 Å². The highest BCUT2D eigenvalue weighted by Crippen LogP contribution is 2.37. The molecule has 4 N–H and O–H groups in total. The van der Waals surface area contributed by atoms with Crippen LogP contribution in [-0.4, -0.2) is 44.7 Å². The van der Waals surface area contributed by atoms with Crippen LogP contribution in [0.1, 0.15) is 43.4 Å². The first kappa shape index (κ1) is 24.9. The molecular formula is C25H31ClO5S. The highest BCUT2D eigenvalue weighted by atomic mass is 35.5. The number of hydrogen-bond donors (Lipinski definition) is 4. The summed E-state index contributed by atoms with van der Waals surface area (Å²) in [4.78, 5) is 11.6. The third-order valence-corrected chi connectivity index (χ3v) is 7.85. The molecule has 0 spiro atoms. The van der Waals surface area contributed by atoms with Gasteiger partial charge in [-0.25, -0.2) is 0 Å². The van der Waals surface area contributed by atoms with E-state index in [1.54, 1.807) is 17.4 Å². The van der Waals surface area contributed by atoms with Gasteiger partial charge in [-0.05, 0) is 44.1 Å². The number of aliphatic hydroxyl groups excluding tert-OH is 3. The van der Waals surface area contributed by atoms with Gasteiger partial charge in [0.25, 0.3) is 0 Å². The van der Waals surface area contributed by atoms with Crippen molar-refractivity contribution in [2.75, 3.05) is 0 Å². The van der Waals surface area contributed by atoms with E-state index < -0.39 is 24.3 Å². The van der Waals surface area contributed by atoms with E-state index >= 15 is 0 Å². The van der Waals surface area contributed by atoms with Gasteiger partial charge in [0, 0.05) is 33.7 Å². The number of fused-ring (bicyclic) bond motifs is 1. The predicted octanol–water partition coefficient (Wildman–Crippen LogP) is 4.96. The lowest BCUT2D eigenvalue weighted by Crippen LogP contribution is -2.20. The number of halogens is 1. The maximum atomic E-state index is 10.6. The Hall–Kier alpha value is -1.70. The zero-order valence-corrected chi connectivity index (χ0v) is 19.5. The molecule has 1 fully saturated rings. The first-order valence-corrected chi connectivity index (χ1v) is 12.3. The Bertz CT molecular complexity index is 953. The highest BCUT2D eigenvalue weighted by Gasteiger charge is 2.39. The fourth-order valence-electron chi connectivity index (χ4n) is 4.31. The number of carbonyl (C=O) groups is 1. The quantitative estimate of drug-likeness (QED) is 0.270. The minimum absolute atomic E-state index is 0.124. The van der Waals surface area contributed by atoms with Gasteiger partial charge in [-0.3, -0.25) is 4.79 Å². The molecule has 0 amide bonds. The number of aliphatic carboxylic acids is 1. The van der Waals surface area contributed by atoms with E-state index in [-0.39, 0.29) is 18.3 Å². The summed E-state index contributed by atoms with van der Waals surface area (Å²) in [6, 6.07) is 7.99. The average Bonchev–Trinajstić information content (AvgIpc) is 3.22. The van der Waals surface area contributed by atoms with Crippen LogP contribution in [-0.2, 0) is 11.2 Å². The van der Waals surface area contributed by atoms with Gasteiger partial charge in [0.15, 0.2) is 0 Å². The van der Waals surface area contributed by atoms with Crippen LogP contribution in [0.15, 0.2) is 48.6 Å². The molecule has 1 heterocycles. The second kappa shape index (κ2) is 12.0. The first-order chi connectivity index (χ1) is 15.4. The van der Waals surface area contributed by atoms with Crippen LogP contribution in [0.2, 0.25) is 5.02 Å². The van der Waals surface area contributed by atoms with Crippen molar-refractivity contribution in [3.05, 3.63) is 58.5 Å². The Kier molecular flexibility index (Phi) is 9.32. The van der Waals surface area contributed by atoms with Crippen molar-refractivity contribution in [1.82, 2.24) is 0 Å². The molecule has 1 aromatic heterocycles. The number of benzene rings is 1. The van der Waals surface area contributed by atoms with E-state index in [2.05, 4.69) is 0 Å². The molecule has 1 aliphatic carbocycles. The fourth-order valence-corrected chi connectivity index (χ4v) is 5.85. The van der Waals surface area contributed by atoms with Crippen molar-refractivity contribution in [2.24, 2.45) is 11.8 Å². The predicted molar refractivity (Wildman–Crippen MR) is 129 cm³/mol.